The average Bonchev–Trinajstić information content (AvgIpc) is 3.31. The number of aromatic nitrogens is 3. The lowest BCUT2D eigenvalue weighted by Crippen LogP contribution is -2.39. The predicted molar refractivity (Wildman–Crippen MR) is 142 cm³/mol. The minimum absolute atomic E-state index is 0.118. The van der Waals surface area contributed by atoms with Crippen molar-refractivity contribution in [1.82, 2.24) is 13.7 Å². The fraction of sp³-hybridized carbons (Fsp3) is 0.259. The topological polar surface area (TPSA) is 96.8 Å². The van der Waals surface area contributed by atoms with Gasteiger partial charge in [-0.3, -0.25) is 18.5 Å². The first-order valence-corrected chi connectivity index (χ1v) is 12.6. The zero-order valence-electron chi connectivity index (χ0n) is 21.1. The number of esters is 1. The van der Waals surface area contributed by atoms with Crippen LogP contribution in [0.1, 0.15) is 31.0 Å². The van der Waals surface area contributed by atoms with Crippen molar-refractivity contribution in [2.24, 2.45) is 19.1 Å². The second kappa shape index (κ2) is 9.36. The Morgan fingerprint density at radius 3 is 2.46 bits per heavy atom. The van der Waals surface area contributed by atoms with Gasteiger partial charge in [0.2, 0.25) is 0 Å². The van der Waals surface area contributed by atoms with Crippen LogP contribution in [0.5, 0.6) is 5.75 Å². The van der Waals surface area contributed by atoms with Gasteiger partial charge in [0.25, 0.3) is 5.56 Å². The molecule has 3 heterocycles. The third-order valence-corrected chi connectivity index (χ3v) is 7.53. The molecule has 190 valence electrons. The molecule has 0 N–H and O–H groups in total. The van der Waals surface area contributed by atoms with Crippen molar-refractivity contribution in [3.63, 3.8) is 0 Å². The average molecular weight is 519 g/mol. The van der Waals surface area contributed by atoms with Gasteiger partial charge in [0.05, 0.1) is 46.6 Å². The van der Waals surface area contributed by atoms with Crippen molar-refractivity contribution in [3.05, 3.63) is 95.0 Å². The Morgan fingerprint density at radius 1 is 1.08 bits per heavy atom. The van der Waals surface area contributed by atoms with Crippen molar-refractivity contribution >= 4 is 34.4 Å². The second-order valence-electron chi connectivity index (χ2n) is 8.72. The van der Waals surface area contributed by atoms with E-state index in [0.717, 1.165) is 22.2 Å². The number of rotatable bonds is 5. The van der Waals surface area contributed by atoms with E-state index in [1.807, 2.05) is 30.3 Å². The van der Waals surface area contributed by atoms with Gasteiger partial charge in [-0.05, 0) is 55.3 Å². The molecule has 0 saturated heterocycles. The summed E-state index contributed by atoms with van der Waals surface area (Å²) in [6.45, 7) is 3.70. The third kappa shape index (κ3) is 4.03. The number of thiazole rings is 1. The summed E-state index contributed by atoms with van der Waals surface area (Å²) in [5, 5.41) is 0. The lowest BCUT2D eigenvalue weighted by molar-refractivity contribution is -0.139. The molecule has 0 fully saturated rings. The van der Waals surface area contributed by atoms with E-state index in [4.69, 9.17) is 9.47 Å². The highest BCUT2D eigenvalue weighted by atomic mass is 32.1. The van der Waals surface area contributed by atoms with Crippen LogP contribution >= 0.6 is 11.3 Å². The number of hydrogen-bond acceptors (Lipinski definition) is 7. The molecule has 37 heavy (non-hydrogen) atoms. The number of methoxy groups -OCH3 is 1. The van der Waals surface area contributed by atoms with Crippen LogP contribution in [-0.2, 0) is 23.6 Å². The SMILES string of the molecule is CCOC(=O)C1=C(C)N=c2sc(=Cc3ccc4c(c3)n(C)c(=O)n4C)c(=O)n2C1c1ccc(OC)cc1. The summed E-state index contributed by atoms with van der Waals surface area (Å²) < 4.78 is 15.8. The molecule has 0 spiro atoms. The molecule has 4 aromatic rings. The molecule has 0 radical (unpaired) electrons. The van der Waals surface area contributed by atoms with E-state index < -0.39 is 12.0 Å². The summed E-state index contributed by atoms with van der Waals surface area (Å²) in [6.07, 6.45) is 1.79. The summed E-state index contributed by atoms with van der Waals surface area (Å²) in [4.78, 5) is 44.2. The minimum Gasteiger partial charge on any atom is -0.497 e. The molecule has 0 saturated carbocycles. The number of carbonyl (C=O) groups excluding carboxylic acids is 1. The molecule has 2 aromatic carbocycles. The normalized spacial score (nSPS) is 15.6. The second-order valence-corrected chi connectivity index (χ2v) is 9.73. The molecular formula is C27H26N4O5S. The number of hydrogen-bond donors (Lipinski definition) is 0. The Labute approximate surface area is 215 Å². The first-order chi connectivity index (χ1) is 17.7. The molecule has 1 aliphatic heterocycles. The van der Waals surface area contributed by atoms with Crippen molar-refractivity contribution in [2.45, 2.75) is 19.9 Å². The molecule has 0 amide bonds. The van der Waals surface area contributed by atoms with Crippen LogP contribution in [0.3, 0.4) is 0 Å². The molecular weight excluding hydrogens is 492 g/mol. The lowest BCUT2D eigenvalue weighted by atomic mass is 9.96. The molecule has 9 nitrogen and oxygen atoms in total. The predicted octanol–water partition coefficient (Wildman–Crippen LogP) is 2.00. The van der Waals surface area contributed by atoms with Gasteiger partial charge in [-0.1, -0.05) is 29.5 Å². The Kier molecular flexibility index (Phi) is 6.20. The fourth-order valence-corrected chi connectivity index (χ4v) is 5.70. The van der Waals surface area contributed by atoms with Gasteiger partial charge in [0, 0.05) is 14.1 Å². The summed E-state index contributed by atoms with van der Waals surface area (Å²) in [5.74, 6) is 0.162. The van der Waals surface area contributed by atoms with E-state index in [1.54, 1.807) is 67.0 Å². The maximum absolute atomic E-state index is 13.8. The van der Waals surface area contributed by atoms with Gasteiger partial charge in [-0.25, -0.2) is 14.6 Å². The number of ether oxygens (including phenoxy) is 2. The summed E-state index contributed by atoms with van der Waals surface area (Å²) in [7, 11) is 5.03. The highest BCUT2D eigenvalue weighted by molar-refractivity contribution is 7.07. The van der Waals surface area contributed by atoms with E-state index in [1.165, 1.54) is 11.3 Å². The van der Waals surface area contributed by atoms with Gasteiger partial charge in [0.15, 0.2) is 4.80 Å². The van der Waals surface area contributed by atoms with Crippen LogP contribution < -0.4 is 25.3 Å². The number of carbonyl (C=O) groups is 1. The fourth-order valence-electron chi connectivity index (χ4n) is 4.66. The molecule has 1 atom stereocenters. The van der Waals surface area contributed by atoms with Crippen molar-refractivity contribution in [3.8, 4) is 5.75 Å². The first kappa shape index (κ1) is 24.5. The number of benzene rings is 2. The maximum Gasteiger partial charge on any atom is 0.338 e. The van der Waals surface area contributed by atoms with Crippen LogP contribution in [0.25, 0.3) is 17.1 Å². The molecule has 5 rings (SSSR count). The van der Waals surface area contributed by atoms with Crippen LogP contribution in [0.4, 0.5) is 0 Å². The van der Waals surface area contributed by atoms with Gasteiger partial charge in [-0.2, -0.15) is 0 Å². The molecule has 1 unspecified atom stereocenters. The third-order valence-electron chi connectivity index (χ3n) is 6.54. The largest absolute Gasteiger partial charge is 0.497 e. The highest BCUT2D eigenvalue weighted by Gasteiger charge is 2.33. The highest BCUT2D eigenvalue weighted by Crippen LogP contribution is 2.31. The van der Waals surface area contributed by atoms with Crippen molar-refractivity contribution in [2.75, 3.05) is 13.7 Å². The lowest BCUT2D eigenvalue weighted by Gasteiger charge is -2.24. The smallest absolute Gasteiger partial charge is 0.338 e. The monoisotopic (exact) mass is 518 g/mol. The quantitative estimate of drug-likeness (QED) is 0.377. The van der Waals surface area contributed by atoms with Crippen LogP contribution in [-0.4, -0.2) is 33.4 Å². The number of fused-ring (bicyclic) bond motifs is 2. The van der Waals surface area contributed by atoms with Crippen molar-refractivity contribution in [1.29, 1.82) is 0 Å². The van der Waals surface area contributed by atoms with E-state index in [9.17, 15) is 14.4 Å². The molecule has 0 aliphatic carbocycles. The van der Waals surface area contributed by atoms with E-state index >= 15 is 0 Å². The Bertz CT molecular complexity index is 1820. The zero-order chi connectivity index (χ0) is 26.4. The number of nitrogens with zero attached hydrogens (tertiary/aromatic N) is 4. The van der Waals surface area contributed by atoms with Gasteiger partial charge in [-0.15, -0.1) is 0 Å². The molecule has 1 aliphatic rings. The zero-order valence-corrected chi connectivity index (χ0v) is 22.0. The first-order valence-electron chi connectivity index (χ1n) is 11.7. The molecule has 2 aromatic heterocycles. The number of aryl methyl sites for hydroxylation is 2. The summed E-state index contributed by atoms with van der Waals surface area (Å²) in [5.41, 5.74) is 3.55. The van der Waals surface area contributed by atoms with E-state index in [2.05, 4.69) is 4.99 Å². The Balaban J connectivity index is 1.71. The number of imidazole rings is 1. The number of allylic oxidation sites excluding steroid dienone is 1. The standard InChI is InChI=1S/C27H26N4O5S/c1-6-36-25(33)22-15(2)28-26-31(23(22)17-8-10-18(35-5)11-9-17)24(32)21(37-26)14-16-7-12-19-20(13-16)30(4)27(34)29(19)3/h7-14,23H,6H2,1-5H3. The van der Waals surface area contributed by atoms with Crippen LogP contribution in [0.15, 0.2) is 68.3 Å². The molecule has 10 heteroatoms. The van der Waals surface area contributed by atoms with Gasteiger partial charge in [0.1, 0.15) is 5.75 Å². The summed E-state index contributed by atoms with van der Waals surface area (Å²) in [6, 6.07) is 12.2. The Hall–Kier alpha value is -4.18. The van der Waals surface area contributed by atoms with Crippen LogP contribution in [0, 0.1) is 0 Å². The molecule has 0 bridgehead atoms. The van der Waals surface area contributed by atoms with Gasteiger partial charge >= 0.3 is 11.7 Å². The van der Waals surface area contributed by atoms with E-state index in [-0.39, 0.29) is 17.9 Å². The van der Waals surface area contributed by atoms with E-state index in [0.29, 0.717) is 26.4 Å². The maximum atomic E-state index is 13.8. The van der Waals surface area contributed by atoms with Crippen molar-refractivity contribution < 1.29 is 14.3 Å². The minimum atomic E-state index is -0.694. The van der Waals surface area contributed by atoms with Crippen LogP contribution in [0.2, 0.25) is 0 Å². The van der Waals surface area contributed by atoms with Gasteiger partial charge < -0.3 is 9.47 Å². The Morgan fingerprint density at radius 2 is 1.78 bits per heavy atom. The summed E-state index contributed by atoms with van der Waals surface area (Å²) >= 11 is 1.26.